The molecule has 38 heavy (non-hydrogen) atoms. The van der Waals surface area contributed by atoms with Crippen molar-refractivity contribution in [1.29, 1.82) is 0 Å². The Balaban J connectivity index is 1.48. The van der Waals surface area contributed by atoms with E-state index >= 15 is 0 Å². The fraction of sp³-hybridized carbons (Fsp3) is 0.167. The van der Waals surface area contributed by atoms with E-state index in [1.807, 2.05) is 50.6 Å². The molecule has 8 heteroatoms. The number of rotatable bonds is 6. The van der Waals surface area contributed by atoms with E-state index in [1.165, 1.54) is 0 Å². The molecule has 0 fully saturated rings. The number of carboxylic acids is 1. The van der Waals surface area contributed by atoms with Crippen molar-refractivity contribution in [1.82, 2.24) is 24.6 Å². The van der Waals surface area contributed by atoms with Gasteiger partial charge >= 0.3 is 5.97 Å². The van der Waals surface area contributed by atoms with Crippen LogP contribution < -0.4 is 0 Å². The molecule has 0 amide bonds. The van der Waals surface area contributed by atoms with Crippen LogP contribution in [0.5, 0.6) is 0 Å². The first kappa shape index (κ1) is 23.9. The second-order valence-corrected chi connectivity index (χ2v) is 10.4. The molecular formula is C30H25N5O2S. The third-order valence-electron chi connectivity index (χ3n) is 6.79. The van der Waals surface area contributed by atoms with Crippen molar-refractivity contribution < 1.29 is 9.90 Å². The molecule has 0 aliphatic carbocycles. The minimum atomic E-state index is -0.849. The Morgan fingerprint density at radius 1 is 1.00 bits per heavy atom. The van der Waals surface area contributed by atoms with Gasteiger partial charge in [-0.25, -0.2) is 14.5 Å². The van der Waals surface area contributed by atoms with E-state index in [-0.39, 0.29) is 6.42 Å². The van der Waals surface area contributed by atoms with Crippen LogP contribution in [0.4, 0.5) is 0 Å². The maximum Gasteiger partial charge on any atom is 0.307 e. The summed E-state index contributed by atoms with van der Waals surface area (Å²) in [4.78, 5) is 25.9. The molecule has 0 atom stereocenters. The molecule has 1 N–H and O–H groups in total. The number of pyridine rings is 1. The maximum absolute atomic E-state index is 11.8. The lowest BCUT2D eigenvalue weighted by Crippen LogP contribution is -2.04. The summed E-state index contributed by atoms with van der Waals surface area (Å²) < 4.78 is 2.77. The second kappa shape index (κ2) is 9.46. The molecule has 0 radical (unpaired) electrons. The van der Waals surface area contributed by atoms with Crippen LogP contribution in [0.25, 0.3) is 48.8 Å². The van der Waals surface area contributed by atoms with Gasteiger partial charge in [0, 0.05) is 40.8 Å². The first-order valence-electron chi connectivity index (χ1n) is 12.4. The van der Waals surface area contributed by atoms with Crippen molar-refractivity contribution in [3.63, 3.8) is 0 Å². The molecule has 0 spiro atoms. The molecule has 0 aliphatic rings. The molecule has 4 heterocycles. The third kappa shape index (κ3) is 4.22. The van der Waals surface area contributed by atoms with Crippen molar-refractivity contribution in [3.8, 4) is 33.0 Å². The summed E-state index contributed by atoms with van der Waals surface area (Å²) in [6.07, 6.45) is 8.24. The average Bonchev–Trinajstić information content (AvgIpc) is 3.53. The van der Waals surface area contributed by atoms with Crippen molar-refractivity contribution in [2.45, 2.75) is 33.6 Å². The highest BCUT2D eigenvalue weighted by Crippen LogP contribution is 2.41. The number of carbonyl (C=O) groups is 1. The number of aryl methyl sites for hydroxylation is 3. The van der Waals surface area contributed by atoms with Gasteiger partial charge in [-0.1, -0.05) is 36.8 Å². The average molecular weight is 520 g/mol. The van der Waals surface area contributed by atoms with Gasteiger partial charge in [0.2, 0.25) is 0 Å². The van der Waals surface area contributed by atoms with Gasteiger partial charge in [-0.05, 0) is 55.2 Å². The quantitative estimate of drug-likeness (QED) is 0.269. The molecule has 0 aliphatic heterocycles. The number of benzene rings is 2. The maximum atomic E-state index is 11.8. The molecule has 0 bridgehead atoms. The molecule has 6 rings (SSSR count). The summed E-state index contributed by atoms with van der Waals surface area (Å²) in [5, 5.41) is 14.9. The number of fused-ring (bicyclic) bond motifs is 2. The Morgan fingerprint density at radius 2 is 1.82 bits per heavy atom. The third-order valence-corrected chi connectivity index (χ3v) is 7.93. The summed E-state index contributed by atoms with van der Waals surface area (Å²) in [7, 11) is 0. The van der Waals surface area contributed by atoms with Gasteiger partial charge in [0.05, 0.1) is 28.5 Å². The summed E-state index contributed by atoms with van der Waals surface area (Å²) in [6.45, 7) is 6.09. The number of thiazole rings is 1. The van der Waals surface area contributed by atoms with Crippen molar-refractivity contribution in [2.24, 2.45) is 0 Å². The molecule has 0 saturated heterocycles. The number of hydrogen-bond acceptors (Lipinski definition) is 6. The molecule has 4 aromatic heterocycles. The Kier molecular flexibility index (Phi) is 5.96. The lowest BCUT2D eigenvalue weighted by atomic mass is 9.93. The summed E-state index contributed by atoms with van der Waals surface area (Å²) >= 11 is 1.57. The number of hydrogen-bond donors (Lipinski definition) is 1. The highest BCUT2D eigenvalue weighted by molar-refractivity contribution is 7.22. The molecule has 188 valence electrons. The number of nitrogens with zero attached hydrogens (tertiary/aromatic N) is 5. The van der Waals surface area contributed by atoms with E-state index in [2.05, 4.69) is 46.3 Å². The topological polar surface area (TPSA) is 93.3 Å². The first-order chi connectivity index (χ1) is 18.4. The predicted octanol–water partition coefficient (Wildman–Crippen LogP) is 6.54. The van der Waals surface area contributed by atoms with Crippen molar-refractivity contribution in [3.05, 3.63) is 89.5 Å². The largest absolute Gasteiger partial charge is 0.481 e. The Hall–Kier alpha value is -4.43. The van der Waals surface area contributed by atoms with Crippen molar-refractivity contribution in [2.75, 3.05) is 0 Å². The van der Waals surface area contributed by atoms with Crippen LogP contribution in [0, 0.1) is 13.8 Å². The van der Waals surface area contributed by atoms with Gasteiger partial charge in [-0.3, -0.25) is 9.78 Å². The predicted molar refractivity (Wildman–Crippen MR) is 150 cm³/mol. The second-order valence-electron chi connectivity index (χ2n) is 9.41. The zero-order valence-corrected chi connectivity index (χ0v) is 22.1. The minimum absolute atomic E-state index is 0.0414. The Morgan fingerprint density at radius 3 is 2.58 bits per heavy atom. The van der Waals surface area contributed by atoms with Crippen molar-refractivity contribution >= 4 is 33.2 Å². The smallest absolute Gasteiger partial charge is 0.307 e. The zero-order valence-electron chi connectivity index (χ0n) is 21.3. The van der Waals surface area contributed by atoms with E-state index in [0.29, 0.717) is 0 Å². The number of aromatic nitrogens is 5. The SMILES string of the molecule is CCc1cnn2cc(-c3cc(-c4nc5cc(C)c(CC(=O)O)c(-c6ccc(C)cc6)c5s4)ccn3)cnc12. The van der Waals surface area contributed by atoms with Gasteiger partial charge in [0.25, 0.3) is 0 Å². The van der Waals surface area contributed by atoms with Crippen LogP contribution in [-0.4, -0.2) is 35.6 Å². The van der Waals surface area contributed by atoms with E-state index in [9.17, 15) is 9.90 Å². The minimum Gasteiger partial charge on any atom is -0.481 e. The molecular weight excluding hydrogens is 494 g/mol. The molecule has 7 nitrogen and oxygen atoms in total. The normalized spacial score (nSPS) is 11.4. The highest BCUT2D eigenvalue weighted by Gasteiger charge is 2.20. The van der Waals surface area contributed by atoms with Crippen LogP contribution in [0.3, 0.4) is 0 Å². The monoisotopic (exact) mass is 519 g/mol. The van der Waals surface area contributed by atoms with Crippen LogP contribution in [-0.2, 0) is 17.6 Å². The first-order valence-corrected chi connectivity index (χ1v) is 13.2. The fourth-order valence-corrected chi connectivity index (χ4v) is 5.92. The van der Waals surface area contributed by atoms with Gasteiger partial charge < -0.3 is 5.11 Å². The molecule has 0 unspecified atom stereocenters. The molecule has 6 aromatic rings. The zero-order chi connectivity index (χ0) is 26.4. The fourth-order valence-electron chi connectivity index (χ4n) is 4.79. The summed E-state index contributed by atoms with van der Waals surface area (Å²) in [5.74, 6) is -0.849. The lowest BCUT2D eigenvalue weighted by molar-refractivity contribution is -0.136. The van der Waals surface area contributed by atoms with Gasteiger partial charge in [-0.2, -0.15) is 5.10 Å². The van der Waals surface area contributed by atoms with Crippen LogP contribution in [0.15, 0.2) is 67.3 Å². The van der Waals surface area contributed by atoms with E-state index < -0.39 is 5.97 Å². The molecule has 2 aromatic carbocycles. The molecule has 0 saturated carbocycles. The van der Waals surface area contributed by atoms with Crippen LogP contribution >= 0.6 is 11.3 Å². The summed E-state index contributed by atoms with van der Waals surface area (Å²) in [5.41, 5.74) is 10.3. The van der Waals surface area contributed by atoms with Crippen LogP contribution in [0.2, 0.25) is 0 Å². The van der Waals surface area contributed by atoms with Gasteiger partial charge in [0.15, 0.2) is 5.65 Å². The van der Waals surface area contributed by atoms with Gasteiger partial charge in [0.1, 0.15) is 5.01 Å². The summed E-state index contributed by atoms with van der Waals surface area (Å²) in [6, 6.07) is 14.2. The van der Waals surface area contributed by atoms with E-state index in [0.717, 1.165) is 77.5 Å². The van der Waals surface area contributed by atoms with E-state index in [4.69, 9.17) is 4.98 Å². The Bertz CT molecular complexity index is 1840. The standard InChI is InChI=1S/C30H25N5O2S/c1-4-19-15-33-35-16-22(14-32-29(19)35)24-12-21(9-10-31-24)30-34-25-11-18(3)23(13-26(36)37)27(28(25)38-30)20-7-5-17(2)6-8-20/h5-12,14-16H,4,13H2,1-3H3,(H,36,37). The lowest BCUT2D eigenvalue weighted by Gasteiger charge is -2.13. The number of carboxylic acid groups (broad SMARTS) is 1. The van der Waals surface area contributed by atoms with E-state index in [1.54, 1.807) is 22.0 Å². The van der Waals surface area contributed by atoms with Crippen LogP contribution in [0.1, 0.15) is 29.2 Å². The highest BCUT2D eigenvalue weighted by atomic mass is 32.1. The number of aliphatic carboxylic acids is 1. The van der Waals surface area contributed by atoms with Gasteiger partial charge in [-0.15, -0.1) is 11.3 Å². The Labute approximate surface area is 223 Å².